The number of halogens is 3. The van der Waals surface area contributed by atoms with Crippen molar-refractivity contribution in [2.45, 2.75) is 0 Å². The van der Waals surface area contributed by atoms with E-state index < -0.39 is 23.2 Å². The molecule has 6 nitrogen and oxygen atoms in total. The van der Waals surface area contributed by atoms with Gasteiger partial charge in [-0.05, 0) is 48.5 Å². The van der Waals surface area contributed by atoms with E-state index in [1.165, 1.54) is 12.4 Å². The fraction of sp³-hybridized carbons (Fsp3) is 0.0303. The number of anilines is 5. The molecule has 2 heterocycles. The van der Waals surface area contributed by atoms with E-state index in [1.807, 2.05) is 102 Å². The van der Waals surface area contributed by atoms with Gasteiger partial charge >= 0.3 is 0 Å². The summed E-state index contributed by atoms with van der Waals surface area (Å²) in [5.74, 6) is -4.11. The highest BCUT2D eigenvalue weighted by Gasteiger charge is 2.23. The van der Waals surface area contributed by atoms with E-state index in [1.54, 1.807) is 24.4 Å². The Morgan fingerprint density at radius 1 is 0.643 bits per heavy atom. The zero-order chi connectivity index (χ0) is 29.1. The molecule has 208 valence electrons. The summed E-state index contributed by atoms with van der Waals surface area (Å²) in [5, 5.41) is 3.95. The highest BCUT2D eigenvalue weighted by Crippen LogP contribution is 2.41. The Kier molecular flexibility index (Phi) is 7.30. The lowest BCUT2D eigenvalue weighted by molar-refractivity contribution is 0.392. The third kappa shape index (κ3) is 5.27. The lowest BCUT2D eigenvalue weighted by Gasteiger charge is -2.28. The van der Waals surface area contributed by atoms with Crippen molar-refractivity contribution in [2.75, 3.05) is 16.8 Å². The maximum atomic E-state index is 15.1. The summed E-state index contributed by atoms with van der Waals surface area (Å²) < 4.78 is 51.6. The average Bonchev–Trinajstić information content (AvgIpc) is 3.57. The van der Waals surface area contributed by atoms with E-state index >= 15 is 4.39 Å². The summed E-state index contributed by atoms with van der Waals surface area (Å²) in [6, 6.07) is 32.9. The van der Waals surface area contributed by atoms with Crippen molar-refractivity contribution in [1.82, 2.24) is 14.8 Å². The SMILES string of the molecule is CN(c1cc(Oc2cc(-n3cccn3)c(F)c(F)c2F)cc(N(c2ccccc2)c2ccccc2)c1)c1ccccn1. The van der Waals surface area contributed by atoms with Gasteiger partial charge in [-0.3, -0.25) is 0 Å². The molecule has 0 spiro atoms. The first-order valence-corrected chi connectivity index (χ1v) is 13.0. The summed E-state index contributed by atoms with van der Waals surface area (Å²) in [5.41, 5.74) is 2.79. The van der Waals surface area contributed by atoms with Crippen molar-refractivity contribution in [3.63, 3.8) is 0 Å². The molecular formula is C33H24F3N5O. The molecule has 0 aliphatic heterocycles. The lowest BCUT2D eigenvalue weighted by atomic mass is 10.1. The Labute approximate surface area is 240 Å². The largest absolute Gasteiger partial charge is 0.454 e. The minimum atomic E-state index is -1.66. The molecule has 0 bridgehead atoms. The molecule has 0 saturated heterocycles. The molecule has 6 rings (SSSR count). The van der Waals surface area contributed by atoms with Gasteiger partial charge in [-0.25, -0.2) is 18.4 Å². The Bertz CT molecular complexity index is 1760. The summed E-state index contributed by atoms with van der Waals surface area (Å²) >= 11 is 0. The van der Waals surface area contributed by atoms with Gasteiger partial charge < -0.3 is 14.5 Å². The van der Waals surface area contributed by atoms with Crippen LogP contribution in [0.4, 0.5) is 41.7 Å². The third-order valence-electron chi connectivity index (χ3n) is 6.62. The topological polar surface area (TPSA) is 46.4 Å². The van der Waals surface area contributed by atoms with Crippen LogP contribution in [-0.4, -0.2) is 21.8 Å². The Morgan fingerprint density at radius 2 is 1.31 bits per heavy atom. The molecule has 6 aromatic rings. The molecule has 42 heavy (non-hydrogen) atoms. The van der Waals surface area contributed by atoms with Crippen LogP contribution in [0.5, 0.6) is 11.5 Å². The molecule has 0 saturated carbocycles. The number of para-hydroxylation sites is 2. The van der Waals surface area contributed by atoms with E-state index in [0.29, 0.717) is 17.2 Å². The van der Waals surface area contributed by atoms with Gasteiger partial charge in [-0.15, -0.1) is 0 Å². The monoisotopic (exact) mass is 563 g/mol. The van der Waals surface area contributed by atoms with Crippen LogP contribution in [0, 0.1) is 17.5 Å². The van der Waals surface area contributed by atoms with Gasteiger partial charge in [0.15, 0.2) is 11.6 Å². The second kappa shape index (κ2) is 11.5. The Hall–Kier alpha value is -5.57. The summed E-state index contributed by atoms with van der Waals surface area (Å²) in [4.78, 5) is 8.31. The maximum absolute atomic E-state index is 15.1. The molecule has 0 aliphatic carbocycles. The van der Waals surface area contributed by atoms with E-state index in [2.05, 4.69) is 10.1 Å². The van der Waals surface area contributed by atoms with Crippen molar-refractivity contribution in [3.05, 3.63) is 145 Å². The zero-order valence-electron chi connectivity index (χ0n) is 22.4. The Morgan fingerprint density at radius 3 is 1.93 bits per heavy atom. The Balaban J connectivity index is 1.51. The fourth-order valence-corrected chi connectivity index (χ4v) is 4.58. The molecule has 0 radical (unpaired) electrons. The van der Waals surface area contributed by atoms with E-state index in [-0.39, 0.29) is 11.4 Å². The summed E-state index contributed by atoms with van der Waals surface area (Å²) in [6.45, 7) is 0. The first kappa shape index (κ1) is 26.6. The predicted octanol–water partition coefficient (Wildman–Crippen LogP) is 8.71. The quantitative estimate of drug-likeness (QED) is 0.173. The van der Waals surface area contributed by atoms with Crippen molar-refractivity contribution >= 4 is 28.6 Å². The molecule has 2 aromatic heterocycles. The molecule has 0 fully saturated rings. The predicted molar refractivity (Wildman–Crippen MR) is 157 cm³/mol. The number of aromatic nitrogens is 3. The maximum Gasteiger partial charge on any atom is 0.204 e. The van der Waals surface area contributed by atoms with E-state index in [9.17, 15) is 8.78 Å². The number of pyridine rings is 1. The fourth-order valence-electron chi connectivity index (χ4n) is 4.58. The summed E-state index contributed by atoms with van der Waals surface area (Å²) in [7, 11) is 1.84. The first-order chi connectivity index (χ1) is 20.5. The number of ether oxygens (including phenoxy) is 1. The third-order valence-corrected chi connectivity index (χ3v) is 6.62. The first-order valence-electron chi connectivity index (χ1n) is 13.0. The van der Waals surface area contributed by atoms with E-state index in [4.69, 9.17) is 4.74 Å². The number of hydrogen-bond donors (Lipinski definition) is 0. The van der Waals surface area contributed by atoms with Crippen LogP contribution >= 0.6 is 0 Å². The molecule has 0 aliphatic rings. The van der Waals surface area contributed by atoms with Crippen LogP contribution in [0.3, 0.4) is 0 Å². The molecule has 0 atom stereocenters. The minimum absolute atomic E-state index is 0.193. The van der Waals surface area contributed by atoms with Gasteiger partial charge in [-0.2, -0.15) is 9.49 Å². The van der Waals surface area contributed by atoms with Crippen LogP contribution in [-0.2, 0) is 0 Å². The van der Waals surface area contributed by atoms with Crippen LogP contribution in [0.2, 0.25) is 0 Å². The van der Waals surface area contributed by atoms with Crippen LogP contribution in [0.1, 0.15) is 0 Å². The second-order valence-corrected chi connectivity index (χ2v) is 9.33. The van der Waals surface area contributed by atoms with Crippen molar-refractivity contribution in [1.29, 1.82) is 0 Å². The molecule has 0 unspecified atom stereocenters. The highest BCUT2D eigenvalue weighted by molar-refractivity contribution is 5.80. The van der Waals surface area contributed by atoms with Crippen LogP contribution in [0.15, 0.2) is 128 Å². The smallest absolute Gasteiger partial charge is 0.204 e. The average molecular weight is 564 g/mol. The highest BCUT2D eigenvalue weighted by atomic mass is 19.2. The molecule has 0 N–H and O–H groups in total. The van der Waals surface area contributed by atoms with Gasteiger partial charge in [0.05, 0.1) is 5.69 Å². The van der Waals surface area contributed by atoms with Gasteiger partial charge in [0.25, 0.3) is 0 Å². The number of rotatable bonds is 8. The lowest BCUT2D eigenvalue weighted by Crippen LogP contribution is -2.14. The molecule has 9 heteroatoms. The van der Waals surface area contributed by atoms with Crippen molar-refractivity contribution < 1.29 is 17.9 Å². The van der Waals surface area contributed by atoms with E-state index in [0.717, 1.165) is 22.1 Å². The van der Waals surface area contributed by atoms with Gasteiger partial charge in [-0.1, -0.05) is 42.5 Å². The standard InChI is InChI=1S/C33H24F3N5O/c1-39(30-15-8-9-16-37-30)25-19-26(41(23-11-4-2-5-12-23)24-13-6-3-7-14-24)21-27(20-25)42-29-22-28(40-18-10-17-38-40)31(34)33(36)32(29)35/h2-22H,1H3. The number of benzene rings is 4. The molecule has 4 aromatic carbocycles. The summed E-state index contributed by atoms with van der Waals surface area (Å²) in [6.07, 6.45) is 4.52. The van der Waals surface area contributed by atoms with Crippen LogP contribution < -0.4 is 14.5 Å². The molecular weight excluding hydrogens is 539 g/mol. The zero-order valence-corrected chi connectivity index (χ0v) is 22.4. The van der Waals surface area contributed by atoms with Crippen molar-refractivity contribution in [2.24, 2.45) is 0 Å². The number of nitrogens with zero attached hydrogens (tertiary/aromatic N) is 5. The number of hydrogen-bond acceptors (Lipinski definition) is 5. The minimum Gasteiger partial charge on any atom is -0.454 e. The second-order valence-electron chi connectivity index (χ2n) is 9.33. The van der Waals surface area contributed by atoms with Crippen molar-refractivity contribution in [3.8, 4) is 17.2 Å². The normalized spacial score (nSPS) is 10.9. The van der Waals surface area contributed by atoms with Gasteiger partial charge in [0.2, 0.25) is 11.6 Å². The van der Waals surface area contributed by atoms with Gasteiger partial charge in [0, 0.05) is 60.9 Å². The molecule has 0 amide bonds. The van der Waals surface area contributed by atoms with Crippen LogP contribution in [0.25, 0.3) is 5.69 Å². The van der Waals surface area contributed by atoms with Gasteiger partial charge in [0.1, 0.15) is 17.3 Å².